The van der Waals surface area contributed by atoms with Gasteiger partial charge >= 0.3 is 5.97 Å². The first-order chi connectivity index (χ1) is 14.9. The Kier molecular flexibility index (Phi) is 8.25. The minimum atomic E-state index is -0.386. The monoisotopic (exact) mass is 462 g/mol. The number of hydrogen-bond acceptors (Lipinski definition) is 7. The number of nitrogens with zero attached hydrogens (tertiary/aromatic N) is 1. The van der Waals surface area contributed by atoms with E-state index >= 15 is 0 Å². The smallest absolute Gasteiger partial charge is 0.310 e. The van der Waals surface area contributed by atoms with E-state index in [0.717, 1.165) is 16.7 Å². The number of carbonyl (C=O) groups is 1. The molecule has 3 aromatic carbocycles. The molecule has 0 saturated carbocycles. The van der Waals surface area contributed by atoms with Crippen LogP contribution >= 0.6 is 23.2 Å². The van der Waals surface area contributed by atoms with E-state index in [0.29, 0.717) is 21.4 Å². The second-order valence-corrected chi connectivity index (χ2v) is 7.37. The number of rotatable bonds is 9. The average molecular weight is 463 g/mol. The Labute approximate surface area is 189 Å². The minimum Gasteiger partial charge on any atom is -0.461 e. The highest BCUT2D eigenvalue weighted by molar-refractivity contribution is 6.39. The Hall–Kier alpha value is -2.65. The van der Waals surface area contributed by atoms with E-state index in [1.165, 1.54) is 0 Å². The number of ether oxygens (including phenoxy) is 1. The predicted octanol–water partition coefficient (Wildman–Crippen LogP) is 5.53. The zero-order chi connectivity index (χ0) is 22.2. The van der Waals surface area contributed by atoms with Crippen LogP contribution < -0.4 is 5.32 Å². The van der Waals surface area contributed by atoms with Gasteiger partial charge in [0, 0.05) is 5.69 Å². The second kappa shape index (κ2) is 11.1. The van der Waals surface area contributed by atoms with Crippen LogP contribution in [-0.4, -0.2) is 21.8 Å². The Morgan fingerprint density at radius 1 is 0.871 bits per heavy atom. The lowest BCUT2D eigenvalue weighted by Gasteiger charge is -2.14. The summed E-state index contributed by atoms with van der Waals surface area (Å²) in [6, 6.07) is 19.6. The molecular weight excluding hydrogens is 443 g/mol. The first-order valence-corrected chi connectivity index (χ1v) is 10.0. The number of hydrogen-bond donors (Lipinski definition) is 3. The molecule has 0 aliphatic rings. The maximum Gasteiger partial charge on any atom is 0.310 e. The van der Waals surface area contributed by atoms with Crippen LogP contribution in [0.25, 0.3) is 0 Å². The van der Waals surface area contributed by atoms with Gasteiger partial charge in [-0.05, 0) is 34.9 Å². The van der Waals surface area contributed by atoms with Crippen molar-refractivity contribution in [2.75, 3.05) is 5.32 Å². The van der Waals surface area contributed by atoms with Gasteiger partial charge in [-0.1, -0.05) is 71.7 Å². The summed E-state index contributed by atoms with van der Waals surface area (Å²) in [6.45, 7) is 0.102. The Morgan fingerprint density at radius 3 is 2.13 bits per heavy atom. The van der Waals surface area contributed by atoms with Crippen LogP contribution in [0.2, 0.25) is 10.0 Å². The third-order valence-corrected chi connectivity index (χ3v) is 4.97. The number of para-hydroxylation sites is 2. The molecule has 0 aliphatic carbocycles. The van der Waals surface area contributed by atoms with Crippen LogP contribution in [-0.2, 0) is 34.0 Å². The van der Waals surface area contributed by atoms with Crippen LogP contribution in [0.1, 0.15) is 16.7 Å². The third kappa shape index (κ3) is 6.93. The maximum absolute atomic E-state index is 12.4. The molecule has 3 aromatic rings. The molecular formula is C22H20Cl2N2O5. The molecule has 0 bridgehead atoms. The van der Waals surface area contributed by atoms with E-state index in [1.807, 2.05) is 24.3 Å². The first kappa shape index (κ1) is 23.0. The molecule has 0 atom stereocenters. The van der Waals surface area contributed by atoms with Crippen molar-refractivity contribution in [2.45, 2.75) is 19.6 Å². The number of anilines is 2. The van der Waals surface area contributed by atoms with E-state index in [9.17, 15) is 4.79 Å². The summed E-state index contributed by atoms with van der Waals surface area (Å²) in [6.07, 6.45) is 0.0694. The quantitative estimate of drug-likeness (QED) is 0.284. The SMILES string of the molecule is O=C(Cc1ccccc1Nc1c(Cl)cccc1Cl)OCc1ccc(CON(O)O)cc1. The molecule has 0 amide bonds. The summed E-state index contributed by atoms with van der Waals surface area (Å²) in [5.41, 5.74) is 3.54. The molecule has 0 saturated heterocycles. The predicted molar refractivity (Wildman–Crippen MR) is 116 cm³/mol. The van der Waals surface area contributed by atoms with Gasteiger partial charge in [-0.15, -0.1) is 0 Å². The van der Waals surface area contributed by atoms with E-state index in [1.54, 1.807) is 42.5 Å². The fourth-order valence-corrected chi connectivity index (χ4v) is 3.27. The summed E-state index contributed by atoms with van der Waals surface area (Å²) < 4.78 is 5.38. The van der Waals surface area contributed by atoms with Crippen LogP contribution in [0, 0.1) is 0 Å². The number of nitrogens with one attached hydrogen (secondary N) is 1. The summed E-state index contributed by atoms with van der Waals surface area (Å²) in [7, 11) is 0. The van der Waals surface area contributed by atoms with E-state index in [2.05, 4.69) is 10.2 Å². The fourth-order valence-electron chi connectivity index (χ4n) is 2.78. The number of carbonyl (C=O) groups excluding carboxylic acids is 1. The molecule has 0 radical (unpaired) electrons. The molecule has 0 heterocycles. The Balaban J connectivity index is 1.59. The number of benzene rings is 3. The molecule has 0 aliphatic heterocycles. The highest BCUT2D eigenvalue weighted by atomic mass is 35.5. The lowest BCUT2D eigenvalue weighted by Crippen LogP contribution is -2.13. The molecule has 162 valence electrons. The van der Waals surface area contributed by atoms with Crippen molar-refractivity contribution < 1.29 is 24.8 Å². The minimum absolute atomic E-state index is 0.00764. The van der Waals surface area contributed by atoms with Gasteiger partial charge in [0.1, 0.15) is 6.61 Å². The first-order valence-electron chi connectivity index (χ1n) is 9.25. The molecule has 3 N–H and O–H groups in total. The van der Waals surface area contributed by atoms with Crippen LogP contribution in [0.5, 0.6) is 0 Å². The van der Waals surface area contributed by atoms with Crippen LogP contribution in [0.4, 0.5) is 11.4 Å². The van der Waals surface area contributed by atoms with Gasteiger partial charge in [-0.2, -0.15) is 0 Å². The standard InChI is InChI=1S/C22H20Cl2N2O5/c23-18-5-3-6-19(24)22(18)25-20-7-2-1-4-17(20)12-21(27)30-13-15-8-10-16(11-9-15)14-31-26(28)29/h1-11,25,28-29H,12-14H2. The van der Waals surface area contributed by atoms with Gasteiger partial charge in [0.15, 0.2) is 0 Å². The van der Waals surface area contributed by atoms with Crippen molar-refractivity contribution in [2.24, 2.45) is 0 Å². The topological polar surface area (TPSA) is 91.3 Å². The zero-order valence-corrected chi connectivity index (χ0v) is 17.8. The van der Waals surface area contributed by atoms with Crippen molar-refractivity contribution >= 4 is 40.5 Å². The summed E-state index contributed by atoms with van der Waals surface area (Å²) in [4.78, 5) is 16.9. The number of halogens is 2. The normalized spacial score (nSPS) is 10.9. The van der Waals surface area contributed by atoms with Crippen molar-refractivity contribution in [3.63, 3.8) is 0 Å². The molecule has 0 aromatic heterocycles. The molecule has 0 fully saturated rings. The van der Waals surface area contributed by atoms with E-state index < -0.39 is 0 Å². The lowest BCUT2D eigenvalue weighted by atomic mass is 10.1. The summed E-state index contributed by atoms with van der Waals surface area (Å²) >= 11 is 12.5. The Morgan fingerprint density at radius 2 is 1.48 bits per heavy atom. The summed E-state index contributed by atoms with van der Waals surface area (Å²) in [5, 5.41) is 20.9. The molecule has 0 unspecified atom stereocenters. The van der Waals surface area contributed by atoms with Crippen molar-refractivity contribution in [1.82, 2.24) is 5.39 Å². The third-order valence-electron chi connectivity index (χ3n) is 4.34. The van der Waals surface area contributed by atoms with E-state index in [-0.39, 0.29) is 31.0 Å². The highest BCUT2D eigenvalue weighted by Gasteiger charge is 2.12. The summed E-state index contributed by atoms with van der Waals surface area (Å²) in [5.74, 6) is -0.386. The van der Waals surface area contributed by atoms with Gasteiger partial charge in [-0.25, -0.2) is 4.84 Å². The molecule has 3 rings (SSSR count). The average Bonchev–Trinajstić information content (AvgIpc) is 2.75. The van der Waals surface area contributed by atoms with E-state index in [4.69, 9.17) is 38.4 Å². The molecule has 0 spiro atoms. The fraction of sp³-hybridized carbons (Fsp3) is 0.136. The van der Waals surface area contributed by atoms with Crippen LogP contribution in [0.3, 0.4) is 0 Å². The maximum atomic E-state index is 12.4. The van der Waals surface area contributed by atoms with Crippen LogP contribution in [0.15, 0.2) is 66.7 Å². The second-order valence-electron chi connectivity index (χ2n) is 6.56. The zero-order valence-electron chi connectivity index (χ0n) is 16.3. The largest absolute Gasteiger partial charge is 0.461 e. The van der Waals surface area contributed by atoms with Gasteiger partial charge < -0.3 is 10.1 Å². The van der Waals surface area contributed by atoms with Crippen molar-refractivity contribution in [3.05, 3.63) is 93.5 Å². The van der Waals surface area contributed by atoms with Gasteiger partial charge in [0.25, 0.3) is 0 Å². The van der Waals surface area contributed by atoms with Crippen molar-refractivity contribution in [1.29, 1.82) is 0 Å². The van der Waals surface area contributed by atoms with Gasteiger partial charge in [0.2, 0.25) is 0 Å². The molecule has 7 nitrogen and oxygen atoms in total. The molecule has 9 heteroatoms. The Bertz CT molecular complexity index is 1010. The highest BCUT2D eigenvalue weighted by Crippen LogP contribution is 2.33. The van der Waals surface area contributed by atoms with Gasteiger partial charge in [0.05, 0.1) is 34.2 Å². The van der Waals surface area contributed by atoms with Crippen molar-refractivity contribution in [3.8, 4) is 0 Å². The molecule has 31 heavy (non-hydrogen) atoms. The number of esters is 1. The van der Waals surface area contributed by atoms with Gasteiger partial charge in [-0.3, -0.25) is 15.2 Å². The lowest BCUT2D eigenvalue weighted by molar-refractivity contribution is -0.497.